The molecule has 23 heavy (non-hydrogen) atoms. The third-order valence-corrected chi connectivity index (χ3v) is 4.55. The molecule has 3 aromatic heterocycles. The van der Waals surface area contributed by atoms with Crippen molar-refractivity contribution in [2.45, 2.75) is 13.3 Å². The van der Waals surface area contributed by atoms with E-state index in [9.17, 15) is 13.6 Å². The Bertz CT molecular complexity index is 1090. The molecule has 0 unspecified atom stereocenters. The molecule has 0 amide bonds. The summed E-state index contributed by atoms with van der Waals surface area (Å²) in [6.07, 6.45) is -2.62. The number of aromatic amines is 1. The first-order valence-electron chi connectivity index (χ1n) is 6.93. The number of alkyl halides is 2. The monoisotopic (exact) mass is 331 g/mol. The van der Waals surface area contributed by atoms with Crippen LogP contribution in [0.4, 0.5) is 8.78 Å². The predicted molar refractivity (Wildman–Crippen MR) is 86.8 cm³/mol. The summed E-state index contributed by atoms with van der Waals surface area (Å²) >= 11 is 1.05. The molecule has 4 rings (SSSR count). The van der Waals surface area contributed by atoms with Crippen molar-refractivity contribution in [3.63, 3.8) is 0 Å². The van der Waals surface area contributed by atoms with Crippen LogP contribution in [0.15, 0.2) is 41.2 Å². The number of fused-ring (bicyclic) bond motifs is 2. The Morgan fingerprint density at radius 1 is 1.22 bits per heavy atom. The van der Waals surface area contributed by atoms with E-state index in [2.05, 4.69) is 9.97 Å². The second-order valence-electron chi connectivity index (χ2n) is 5.27. The highest BCUT2D eigenvalue weighted by molar-refractivity contribution is 7.16. The molecule has 0 bridgehead atoms. The lowest BCUT2D eigenvalue weighted by atomic mass is 10.3. The van der Waals surface area contributed by atoms with Crippen molar-refractivity contribution in [1.82, 2.24) is 14.5 Å². The summed E-state index contributed by atoms with van der Waals surface area (Å²) < 4.78 is 29.1. The van der Waals surface area contributed by atoms with E-state index < -0.39 is 6.43 Å². The van der Waals surface area contributed by atoms with Crippen LogP contribution in [-0.2, 0) is 0 Å². The zero-order valence-electron chi connectivity index (χ0n) is 12.0. The van der Waals surface area contributed by atoms with Crippen molar-refractivity contribution in [2.24, 2.45) is 0 Å². The first kappa shape index (κ1) is 14.1. The van der Waals surface area contributed by atoms with Crippen molar-refractivity contribution < 1.29 is 8.78 Å². The van der Waals surface area contributed by atoms with E-state index in [0.29, 0.717) is 22.2 Å². The summed E-state index contributed by atoms with van der Waals surface area (Å²) in [6, 6.07) is 10.2. The van der Waals surface area contributed by atoms with Gasteiger partial charge in [0, 0.05) is 16.8 Å². The molecule has 0 atom stereocenters. The quantitative estimate of drug-likeness (QED) is 0.599. The fourth-order valence-electron chi connectivity index (χ4n) is 2.70. The normalized spacial score (nSPS) is 11.8. The molecular formula is C16H11F2N3OS. The van der Waals surface area contributed by atoms with E-state index in [1.807, 2.05) is 6.92 Å². The average molecular weight is 331 g/mol. The van der Waals surface area contributed by atoms with Crippen LogP contribution in [0.5, 0.6) is 0 Å². The predicted octanol–water partition coefficient (Wildman–Crippen LogP) is 4.17. The van der Waals surface area contributed by atoms with E-state index in [1.54, 1.807) is 30.3 Å². The molecule has 0 saturated carbocycles. The lowest BCUT2D eigenvalue weighted by Gasteiger charge is -2.10. The standard InChI is InChI=1S/C16H11F2N3OS/c1-8-2-3-9-6-12(14(17)18)21(15(9)19-8)10-4-5-11-13(7-10)23-16(22)20-11/h2-7,14H,1H3,(H,20,22). The maximum Gasteiger partial charge on any atom is 0.305 e. The van der Waals surface area contributed by atoms with Crippen molar-refractivity contribution in [1.29, 1.82) is 0 Å². The van der Waals surface area contributed by atoms with Crippen molar-refractivity contribution in [3.8, 4) is 5.69 Å². The molecule has 0 saturated heterocycles. The Kier molecular flexibility index (Phi) is 3.05. The number of pyridine rings is 1. The number of H-pyrrole nitrogens is 1. The van der Waals surface area contributed by atoms with Gasteiger partial charge in [0.25, 0.3) is 6.43 Å². The minimum atomic E-state index is -2.62. The Labute approximate surface area is 133 Å². The largest absolute Gasteiger partial charge is 0.312 e. The third kappa shape index (κ3) is 2.24. The SMILES string of the molecule is Cc1ccc2cc(C(F)F)n(-c3ccc4[nH]c(=O)sc4c3)c2n1. The summed E-state index contributed by atoms with van der Waals surface area (Å²) in [5, 5.41) is 0.660. The van der Waals surface area contributed by atoms with Gasteiger partial charge in [0.15, 0.2) is 0 Å². The topological polar surface area (TPSA) is 50.7 Å². The highest BCUT2D eigenvalue weighted by atomic mass is 32.1. The van der Waals surface area contributed by atoms with Crippen molar-refractivity contribution in [3.05, 3.63) is 57.5 Å². The molecule has 0 aliphatic heterocycles. The summed E-state index contributed by atoms with van der Waals surface area (Å²) in [6.45, 7) is 1.82. The molecule has 4 aromatic rings. The number of nitrogens with zero attached hydrogens (tertiary/aromatic N) is 2. The zero-order chi connectivity index (χ0) is 16.1. The van der Waals surface area contributed by atoms with E-state index in [0.717, 1.165) is 21.7 Å². The van der Waals surface area contributed by atoms with Crippen LogP contribution in [0, 0.1) is 6.92 Å². The summed E-state index contributed by atoms with van der Waals surface area (Å²) in [5.41, 5.74) is 2.40. The minimum absolute atomic E-state index is 0.111. The minimum Gasteiger partial charge on any atom is -0.312 e. The maximum atomic E-state index is 13.5. The number of nitrogens with one attached hydrogen (secondary N) is 1. The molecule has 1 aromatic carbocycles. The molecule has 0 spiro atoms. The van der Waals surface area contributed by atoms with Gasteiger partial charge in [0.1, 0.15) is 5.65 Å². The zero-order valence-corrected chi connectivity index (χ0v) is 12.8. The molecule has 4 nitrogen and oxygen atoms in total. The van der Waals surface area contributed by atoms with Gasteiger partial charge in [-0.3, -0.25) is 9.36 Å². The fourth-order valence-corrected chi connectivity index (χ4v) is 3.47. The molecular weight excluding hydrogens is 320 g/mol. The van der Waals surface area contributed by atoms with Crippen LogP contribution in [0.2, 0.25) is 0 Å². The number of hydrogen-bond acceptors (Lipinski definition) is 3. The van der Waals surface area contributed by atoms with Crippen LogP contribution in [0.25, 0.3) is 26.9 Å². The fraction of sp³-hybridized carbons (Fsp3) is 0.125. The number of benzene rings is 1. The Balaban J connectivity index is 2.06. The number of aryl methyl sites for hydroxylation is 1. The van der Waals surface area contributed by atoms with Crippen LogP contribution in [-0.4, -0.2) is 14.5 Å². The van der Waals surface area contributed by atoms with E-state index in [1.165, 1.54) is 10.6 Å². The molecule has 0 aliphatic carbocycles. The van der Waals surface area contributed by atoms with Gasteiger partial charge in [-0.15, -0.1) is 0 Å². The van der Waals surface area contributed by atoms with Gasteiger partial charge in [0.05, 0.1) is 15.9 Å². The second-order valence-corrected chi connectivity index (χ2v) is 6.28. The second kappa shape index (κ2) is 4.99. The summed E-state index contributed by atoms with van der Waals surface area (Å²) in [7, 11) is 0. The third-order valence-electron chi connectivity index (χ3n) is 3.70. The molecule has 116 valence electrons. The van der Waals surface area contributed by atoms with Gasteiger partial charge >= 0.3 is 4.87 Å². The average Bonchev–Trinajstić information content (AvgIpc) is 3.05. The van der Waals surface area contributed by atoms with E-state index >= 15 is 0 Å². The van der Waals surface area contributed by atoms with E-state index in [4.69, 9.17) is 0 Å². The smallest absolute Gasteiger partial charge is 0.305 e. The van der Waals surface area contributed by atoms with Gasteiger partial charge in [0.2, 0.25) is 0 Å². The molecule has 3 heterocycles. The Morgan fingerprint density at radius 3 is 2.83 bits per heavy atom. The van der Waals surface area contributed by atoms with Gasteiger partial charge < -0.3 is 4.98 Å². The summed E-state index contributed by atoms with van der Waals surface area (Å²) in [4.78, 5) is 18.4. The van der Waals surface area contributed by atoms with Crippen LogP contribution < -0.4 is 4.87 Å². The summed E-state index contributed by atoms with van der Waals surface area (Å²) in [5.74, 6) is 0. The Morgan fingerprint density at radius 2 is 2.04 bits per heavy atom. The molecule has 1 N–H and O–H groups in total. The first-order chi connectivity index (χ1) is 11.0. The highest BCUT2D eigenvalue weighted by Gasteiger charge is 2.19. The van der Waals surface area contributed by atoms with Gasteiger partial charge in [-0.05, 0) is 43.3 Å². The molecule has 0 fully saturated rings. The van der Waals surface area contributed by atoms with E-state index in [-0.39, 0.29) is 10.6 Å². The first-order valence-corrected chi connectivity index (χ1v) is 7.75. The number of thiazole rings is 1. The van der Waals surface area contributed by atoms with Crippen LogP contribution >= 0.6 is 11.3 Å². The maximum absolute atomic E-state index is 13.5. The van der Waals surface area contributed by atoms with Crippen LogP contribution in [0.3, 0.4) is 0 Å². The molecule has 0 aliphatic rings. The lowest BCUT2D eigenvalue weighted by molar-refractivity contribution is 0.144. The van der Waals surface area contributed by atoms with Gasteiger partial charge in [-0.2, -0.15) is 0 Å². The van der Waals surface area contributed by atoms with Gasteiger partial charge in [-0.1, -0.05) is 11.3 Å². The molecule has 7 heteroatoms. The number of halogens is 2. The number of aromatic nitrogens is 3. The Hall–Kier alpha value is -2.54. The van der Waals surface area contributed by atoms with Crippen molar-refractivity contribution >= 4 is 32.6 Å². The molecule has 0 radical (unpaired) electrons. The number of hydrogen-bond donors (Lipinski definition) is 1. The highest BCUT2D eigenvalue weighted by Crippen LogP contribution is 2.31. The van der Waals surface area contributed by atoms with Crippen molar-refractivity contribution in [2.75, 3.05) is 0 Å². The lowest BCUT2D eigenvalue weighted by Crippen LogP contribution is -2.01. The number of rotatable bonds is 2. The van der Waals surface area contributed by atoms with Crippen LogP contribution in [0.1, 0.15) is 17.8 Å². The van der Waals surface area contributed by atoms with Gasteiger partial charge in [-0.25, -0.2) is 13.8 Å².